The van der Waals surface area contributed by atoms with E-state index in [1.807, 2.05) is 6.07 Å². The maximum Gasteiger partial charge on any atom is 0.119 e. The molecule has 22 heavy (non-hydrogen) atoms. The van der Waals surface area contributed by atoms with Crippen molar-refractivity contribution in [3.8, 4) is 5.75 Å². The number of hydrogen-bond donors (Lipinski definition) is 1. The highest BCUT2D eigenvalue weighted by Gasteiger charge is 2.23. The van der Waals surface area contributed by atoms with Crippen LogP contribution >= 0.6 is 0 Å². The smallest absolute Gasteiger partial charge is 0.119 e. The summed E-state index contributed by atoms with van der Waals surface area (Å²) in [5.41, 5.74) is 2.36. The molecule has 0 unspecified atom stereocenters. The van der Waals surface area contributed by atoms with E-state index in [4.69, 9.17) is 0 Å². The van der Waals surface area contributed by atoms with Gasteiger partial charge < -0.3 is 5.11 Å². The summed E-state index contributed by atoms with van der Waals surface area (Å²) in [6, 6.07) is 18.2. The van der Waals surface area contributed by atoms with E-state index in [9.17, 15) is 5.11 Å². The summed E-state index contributed by atoms with van der Waals surface area (Å²) in [7, 11) is -1.40. The average Bonchev–Trinajstić information content (AvgIpc) is 2.46. The highest BCUT2D eigenvalue weighted by atomic mass is 28.3. The zero-order valence-electron chi connectivity index (χ0n) is 14.5. The number of hydrogen-bond acceptors (Lipinski definition) is 1. The van der Waals surface area contributed by atoms with E-state index in [2.05, 4.69) is 76.3 Å². The van der Waals surface area contributed by atoms with Gasteiger partial charge in [-0.05, 0) is 35.1 Å². The van der Waals surface area contributed by atoms with E-state index in [1.54, 1.807) is 0 Å². The Kier molecular flexibility index (Phi) is 4.81. The summed E-state index contributed by atoms with van der Waals surface area (Å²) in [5.74, 6) is 0.413. The zero-order valence-corrected chi connectivity index (χ0v) is 15.5. The van der Waals surface area contributed by atoms with E-state index >= 15 is 0 Å². The second-order valence-electron chi connectivity index (χ2n) is 7.85. The van der Waals surface area contributed by atoms with Gasteiger partial charge in [0.1, 0.15) is 5.75 Å². The predicted octanol–water partition coefficient (Wildman–Crippen LogP) is 4.85. The van der Waals surface area contributed by atoms with Gasteiger partial charge in [0.15, 0.2) is 0 Å². The minimum atomic E-state index is -1.40. The van der Waals surface area contributed by atoms with Crippen LogP contribution in [0.2, 0.25) is 19.1 Å². The Labute approximate surface area is 136 Å². The summed E-state index contributed by atoms with van der Waals surface area (Å²) in [4.78, 5) is 0. The molecule has 0 aliphatic carbocycles. The van der Waals surface area contributed by atoms with Crippen molar-refractivity contribution in [3.05, 3.63) is 59.7 Å². The molecule has 0 saturated carbocycles. The number of aryl methyl sites for hydroxylation is 1. The molecule has 0 spiro atoms. The summed E-state index contributed by atoms with van der Waals surface area (Å²) in [6.07, 6.45) is 1.08. The first-order valence-corrected chi connectivity index (χ1v) is 11.3. The molecule has 0 heterocycles. The van der Waals surface area contributed by atoms with Crippen molar-refractivity contribution < 1.29 is 5.11 Å². The monoisotopic (exact) mass is 312 g/mol. The summed E-state index contributed by atoms with van der Waals surface area (Å²) >= 11 is 0. The minimum Gasteiger partial charge on any atom is -0.508 e. The second kappa shape index (κ2) is 6.29. The molecule has 0 aliphatic rings. The first kappa shape index (κ1) is 16.8. The highest BCUT2D eigenvalue weighted by Crippen LogP contribution is 2.31. The van der Waals surface area contributed by atoms with Crippen LogP contribution in [0.5, 0.6) is 5.75 Å². The van der Waals surface area contributed by atoms with E-state index in [0.29, 0.717) is 5.75 Å². The molecule has 0 bridgehead atoms. The Morgan fingerprint density at radius 1 is 0.955 bits per heavy atom. The molecule has 0 atom stereocenters. The van der Waals surface area contributed by atoms with Gasteiger partial charge in [0, 0.05) is 0 Å². The maximum atomic E-state index is 10.1. The molecular weight excluding hydrogens is 284 g/mol. The van der Waals surface area contributed by atoms with E-state index < -0.39 is 8.07 Å². The van der Waals surface area contributed by atoms with E-state index in [-0.39, 0.29) is 5.41 Å². The van der Waals surface area contributed by atoms with Crippen LogP contribution in [0.4, 0.5) is 0 Å². The van der Waals surface area contributed by atoms with E-state index in [0.717, 1.165) is 12.0 Å². The van der Waals surface area contributed by atoms with Crippen LogP contribution in [-0.4, -0.2) is 13.2 Å². The zero-order chi connectivity index (χ0) is 16.4. The van der Waals surface area contributed by atoms with Gasteiger partial charge in [-0.15, -0.1) is 0 Å². The Balaban J connectivity index is 2.15. The van der Waals surface area contributed by atoms with Gasteiger partial charge >= 0.3 is 0 Å². The van der Waals surface area contributed by atoms with Crippen molar-refractivity contribution in [1.29, 1.82) is 0 Å². The van der Waals surface area contributed by atoms with Gasteiger partial charge in [0.2, 0.25) is 0 Å². The Morgan fingerprint density at radius 2 is 1.59 bits per heavy atom. The quantitative estimate of drug-likeness (QED) is 0.800. The van der Waals surface area contributed by atoms with Crippen LogP contribution in [0.15, 0.2) is 48.5 Å². The number of benzene rings is 2. The standard InChI is InChI=1S/C20H28OSi/c1-20(2,3)18-15-16(11-12-19(18)21)13-14-22(4,5)17-9-7-6-8-10-17/h6-12,15,21H,13-14H2,1-5H3. The first-order chi connectivity index (χ1) is 10.2. The van der Waals surface area contributed by atoms with Crippen molar-refractivity contribution >= 4 is 13.3 Å². The lowest BCUT2D eigenvalue weighted by Gasteiger charge is -2.24. The molecule has 0 saturated heterocycles. The third-order valence-electron chi connectivity index (χ3n) is 4.46. The average molecular weight is 313 g/mol. The van der Waals surface area contributed by atoms with Gasteiger partial charge in [-0.25, -0.2) is 0 Å². The number of phenolic OH excluding ortho intramolecular Hbond substituents is 1. The molecule has 2 heteroatoms. The normalized spacial score (nSPS) is 12.4. The third kappa shape index (κ3) is 4.01. The molecule has 0 fully saturated rings. The Morgan fingerprint density at radius 3 is 2.18 bits per heavy atom. The van der Waals surface area contributed by atoms with Gasteiger partial charge in [0.25, 0.3) is 0 Å². The highest BCUT2D eigenvalue weighted by molar-refractivity contribution is 6.89. The maximum absolute atomic E-state index is 10.1. The largest absolute Gasteiger partial charge is 0.508 e. The molecule has 118 valence electrons. The molecule has 0 aromatic heterocycles. The fraction of sp³-hybridized carbons (Fsp3) is 0.400. The molecule has 2 aromatic rings. The molecule has 1 N–H and O–H groups in total. The van der Waals surface area contributed by atoms with Crippen molar-refractivity contribution in [2.24, 2.45) is 0 Å². The number of aromatic hydroxyl groups is 1. The van der Waals surface area contributed by atoms with Crippen LogP contribution in [0.3, 0.4) is 0 Å². The summed E-state index contributed by atoms with van der Waals surface area (Å²) < 4.78 is 0. The minimum absolute atomic E-state index is 0.0214. The van der Waals surface area contributed by atoms with E-state index in [1.165, 1.54) is 16.8 Å². The van der Waals surface area contributed by atoms with Crippen LogP contribution in [0, 0.1) is 0 Å². The first-order valence-electron chi connectivity index (χ1n) is 8.08. The van der Waals surface area contributed by atoms with Crippen LogP contribution in [-0.2, 0) is 11.8 Å². The SMILES string of the molecule is CC(C)(C)c1cc(CC[Si](C)(C)c2ccccc2)ccc1O. The molecule has 2 rings (SSSR count). The Bertz CT molecular complexity index is 624. The molecular formula is C20H28OSi. The van der Waals surface area contributed by atoms with Crippen molar-refractivity contribution in [2.75, 3.05) is 0 Å². The van der Waals surface area contributed by atoms with Gasteiger partial charge in [0.05, 0.1) is 8.07 Å². The fourth-order valence-electron chi connectivity index (χ4n) is 2.83. The van der Waals surface area contributed by atoms with Crippen molar-refractivity contribution in [1.82, 2.24) is 0 Å². The fourth-order valence-corrected chi connectivity index (χ4v) is 5.13. The third-order valence-corrected chi connectivity index (χ3v) is 7.86. The molecule has 0 aliphatic heterocycles. The van der Waals surface area contributed by atoms with Gasteiger partial charge in [-0.1, -0.05) is 81.5 Å². The molecule has 0 radical (unpaired) electrons. The lowest BCUT2D eigenvalue weighted by molar-refractivity contribution is 0.446. The lowest BCUT2D eigenvalue weighted by Crippen LogP contribution is -2.41. The van der Waals surface area contributed by atoms with Gasteiger partial charge in [-0.2, -0.15) is 0 Å². The Hall–Kier alpha value is -1.54. The second-order valence-corrected chi connectivity index (χ2v) is 12.7. The number of phenols is 1. The van der Waals surface area contributed by atoms with Crippen LogP contribution in [0.1, 0.15) is 31.9 Å². The number of rotatable bonds is 4. The lowest BCUT2D eigenvalue weighted by atomic mass is 9.85. The van der Waals surface area contributed by atoms with Crippen molar-refractivity contribution in [2.45, 2.75) is 51.7 Å². The molecule has 0 amide bonds. The van der Waals surface area contributed by atoms with Crippen LogP contribution < -0.4 is 5.19 Å². The van der Waals surface area contributed by atoms with Crippen LogP contribution in [0.25, 0.3) is 0 Å². The topological polar surface area (TPSA) is 20.2 Å². The predicted molar refractivity (Wildman–Crippen MR) is 98.9 cm³/mol. The summed E-state index contributed by atoms with van der Waals surface area (Å²) in [6.45, 7) is 11.3. The van der Waals surface area contributed by atoms with Crippen molar-refractivity contribution in [3.63, 3.8) is 0 Å². The molecule has 1 nitrogen and oxygen atoms in total. The van der Waals surface area contributed by atoms with Gasteiger partial charge in [-0.3, -0.25) is 0 Å². The molecule has 2 aromatic carbocycles. The summed E-state index contributed by atoms with van der Waals surface area (Å²) in [5, 5.41) is 11.6.